The van der Waals surface area contributed by atoms with Crippen LogP contribution in [0.25, 0.3) is 0 Å². The molecule has 0 amide bonds. The minimum absolute atomic E-state index is 0.0234. The highest BCUT2D eigenvalue weighted by Gasteiger charge is 2.40. The van der Waals surface area contributed by atoms with Crippen LogP contribution in [0.1, 0.15) is 30.9 Å². The maximum atomic E-state index is 13.1. The molecule has 1 fully saturated rings. The van der Waals surface area contributed by atoms with Gasteiger partial charge >= 0.3 is 0 Å². The highest BCUT2D eigenvalue weighted by atomic mass is 32.2. The van der Waals surface area contributed by atoms with Gasteiger partial charge in [-0.1, -0.05) is 0 Å². The van der Waals surface area contributed by atoms with E-state index in [1.54, 1.807) is 29.1 Å². The molecule has 2 atom stereocenters. The Morgan fingerprint density at radius 1 is 1.33 bits per heavy atom. The maximum Gasteiger partial charge on any atom is 0.243 e. The summed E-state index contributed by atoms with van der Waals surface area (Å²) in [5, 5.41) is 13.9. The number of hydrogen-bond acceptors (Lipinski definition) is 5. The standard InChI is InChI=1S/C19H27N3O4S/c1-13(2)26-19-6-5-17(7-14(19)3)27(24,25)22-10-16(12-23)18(11-22)15-8-20-21(4)9-15/h5-9,13,16,18,23H,10-12H2,1-4H3/t16-,18-/m0/s1. The number of aromatic nitrogens is 2. The second kappa shape index (κ2) is 7.61. The van der Waals surface area contributed by atoms with Crippen LogP contribution >= 0.6 is 0 Å². The number of ether oxygens (including phenoxy) is 1. The molecule has 0 spiro atoms. The molecule has 0 radical (unpaired) electrons. The second-order valence-corrected chi connectivity index (χ2v) is 9.35. The number of aliphatic hydroxyl groups is 1. The van der Waals surface area contributed by atoms with Crippen LogP contribution < -0.4 is 4.74 Å². The second-order valence-electron chi connectivity index (χ2n) is 7.41. The first kappa shape index (κ1) is 19.9. The van der Waals surface area contributed by atoms with Gasteiger partial charge in [-0.15, -0.1) is 0 Å². The third-order valence-electron chi connectivity index (χ3n) is 4.94. The lowest BCUT2D eigenvalue weighted by atomic mass is 9.92. The average Bonchev–Trinajstić information content (AvgIpc) is 3.22. The number of nitrogens with zero attached hydrogens (tertiary/aromatic N) is 3. The number of aliphatic hydroxyl groups excluding tert-OH is 1. The van der Waals surface area contributed by atoms with E-state index in [4.69, 9.17) is 4.74 Å². The minimum Gasteiger partial charge on any atom is -0.491 e. The third kappa shape index (κ3) is 4.02. The molecule has 0 saturated carbocycles. The van der Waals surface area contributed by atoms with Gasteiger partial charge in [-0.2, -0.15) is 9.40 Å². The lowest BCUT2D eigenvalue weighted by Crippen LogP contribution is -2.29. The lowest BCUT2D eigenvalue weighted by molar-refractivity contribution is 0.223. The van der Waals surface area contributed by atoms with Gasteiger partial charge in [0.05, 0.1) is 17.2 Å². The minimum atomic E-state index is -3.64. The van der Waals surface area contributed by atoms with Crippen molar-refractivity contribution in [3.8, 4) is 5.75 Å². The van der Waals surface area contributed by atoms with Crippen molar-refractivity contribution in [3.63, 3.8) is 0 Å². The van der Waals surface area contributed by atoms with E-state index in [-0.39, 0.29) is 29.4 Å². The molecular formula is C19H27N3O4S. The van der Waals surface area contributed by atoms with Crippen molar-refractivity contribution in [2.45, 2.75) is 37.7 Å². The van der Waals surface area contributed by atoms with Gasteiger partial charge in [-0.25, -0.2) is 8.42 Å². The summed E-state index contributed by atoms with van der Waals surface area (Å²) in [5.41, 5.74) is 1.73. The topological polar surface area (TPSA) is 84.7 Å². The molecule has 27 heavy (non-hydrogen) atoms. The average molecular weight is 394 g/mol. The largest absolute Gasteiger partial charge is 0.491 e. The van der Waals surface area contributed by atoms with E-state index < -0.39 is 10.0 Å². The summed E-state index contributed by atoms with van der Waals surface area (Å²) < 4.78 is 35.1. The quantitative estimate of drug-likeness (QED) is 0.810. The number of aryl methyl sites for hydroxylation is 2. The Hall–Kier alpha value is -1.90. The molecular weight excluding hydrogens is 366 g/mol. The van der Waals surface area contributed by atoms with Gasteiger partial charge in [0.25, 0.3) is 0 Å². The van der Waals surface area contributed by atoms with Gasteiger partial charge in [0, 0.05) is 44.8 Å². The van der Waals surface area contributed by atoms with E-state index in [2.05, 4.69) is 5.10 Å². The van der Waals surface area contributed by atoms with E-state index in [0.29, 0.717) is 18.8 Å². The van der Waals surface area contributed by atoms with Gasteiger partial charge in [0.1, 0.15) is 5.75 Å². The van der Waals surface area contributed by atoms with E-state index in [1.807, 2.05) is 34.0 Å². The Labute approximate surface area is 160 Å². The number of sulfonamides is 1. The van der Waals surface area contributed by atoms with Gasteiger partial charge < -0.3 is 9.84 Å². The first-order chi connectivity index (χ1) is 12.7. The number of hydrogen-bond donors (Lipinski definition) is 1. The van der Waals surface area contributed by atoms with Crippen molar-refractivity contribution >= 4 is 10.0 Å². The van der Waals surface area contributed by atoms with Crippen LogP contribution in [0.15, 0.2) is 35.5 Å². The molecule has 1 saturated heterocycles. The van der Waals surface area contributed by atoms with Crippen molar-refractivity contribution in [1.82, 2.24) is 14.1 Å². The molecule has 1 aromatic heterocycles. The van der Waals surface area contributed by atoms with E-state index in [1.165, 1.54) is 4.31 Å². The monoisotopic (exact) mass is 393 g/mol. The van der Waals surface area contributed by atoms with Crippen LogP contribution in [0.4, 0.5) is 0 Å². The molecule has 8 heteroatoms. The van der Waals surface area contributed by atoms with E-state index in [0.717, 1.165) is 11.1 Å². The molecule has 1 aromatic carbocycles. The van der Waals surface area contributed by atoms with Gasteiger partial charge in [0.15, 0.2) is 0 Å². The fraction of sp³-hybridized carbons (Fsp3) is 0.526. The Bertz CT molecular complexity index is 907. The number of rotatable bonds is 6. The van der Waals surface area contributed by atoms with Crippen LogP contribution in [0.5, 0.6) is 5.75 Å². The zero-order valence-corrected chi connectivity index (χ0v) is 17.0. The predicted molar refractivity (Wildman–Crippen MR) is 102 cm³/mol. The fourth-order valence-electron chi connectivity index (χ4n) is 3.54. The van der Waals surface area contributed by atoms with Crippen LogP contribution in [-0.2, 0) is 17.1 Å². The Balaban J connectivity index is 1.86. The maximum absolute atomic E-state index is 13.1. The molecule has 2 heterocycles. The van der Waals surface area contributed by atoms with Crippen molar-refractivity contribution in [2.24, 2.45) is 13.0 Å². The summed E-state index contributed by atoms with van der Waals surface area (Å²) in [6, 6.07) is 4.95. The van der Waals surface area contributed by atoms with Crippen molar-refractivity contribution < 1.29 is 18.3 Å². The Morgan fingerprint density at radius 2 is 2.07 bits per heavy atom. The third-order valence-corrected chi connectivity index (χ3v) is 6.77. The summed E-state index contributed by atoms with van der Waals surface area (Å²) in [5.74, 6) is 0.476. The molecule has 1 aliphatic heterocycles. The molecule has 0 unspecified atom stereocenters. The van der Waals surface area contributed by atoms with Crippen LogP contribution in [0, 0.1) is 12.8 Å². The highest BCUT2D eigenvalue weighted by molar-refractivity contribution is 7.89. The smallest absolute Gasteiger partial charge is 0.243 e. The fourth-order valence-corrected chi connectivity index (χ4v) is 5.15. The van der Waals surface area contributed by atoms with Gasteiger partial charge in [-0.05, 0) is 50.1 Å². The van der Waals surface area contributed by atoms with Gasteiger partial charge in [0.2, 0.25) is 10.0 Å². The Morgan fingerprint density at radius 3 is 2.63 bits per heavy atom. The summed E-state index contributed by atoms with van der Waals surface area (Å²) >= 11 is 0. The zero-order chi connectivity index (χ0) is 19.8. The lowest BCUT2D eigenvalue weighted by Gasteiger charge is -2.18. The first-order valence-corrected chi connectivity index (χ1v) is 10.5. The van der Waals surface area contributed by atoms with Gasteiger partial charge in [-0.3, -0.25) is 4.68 Å². The molecule has 148 valence electrons. The molecule has 0 aliphatic carbocycles. The van der Waals surface area contributed by atoms with Crippen molar-refractivity contribution in [3.05, 3.63) is 41.7 Å². The SMILES string of the molecule is Cc1cc(S(=O)(=O)N2C[C@@H](CO)[C@H](c3cnn(C)c3)C2)ccc1OC(C)C. The summed E-state index contributed by atoms with van der Waals surface area (Å²) in [4.78, 5) is 0.250. The van der Waals surface area contributed by atoms with Crippen molar-refractivity contribution in [1.29, 1.82) is 0 Å². The summed E-state index contributed by atoms with van der Waals surface area (Å²) in [6.45, 7) is 6.27. The summed E-state index contributed by atoms with van der Waals surface area (Å²) in [7, 11) is -1.82. The molecule has 1 aliphatic rings. The first-order valence-electron chi connectivity index (χ1n) is 9.09. The van der Waals surface area contributed by atoms with Crippen LogP contribution in [0.3, 0.4) is 0 Å². The molecule has 2 aromatic rings. The summed E-state index contributed by atoms with van der Waals surface area (Å²) in [6.07, 6.45) is 3.65. The van der Waals surface area contributed by atoms with E-state index >= 15 is 0 Å². The van der Waals surface area contributed by atoms with E-state index in [9.17, 15) is 13.5 Å². The Kier molecular flexibility index (Phi) is 5.60. The molecule has 1 N–H and O–H groups in total. The molecule has 3 rings (SSSR count). The highest BCUT2D eigenvalue weighted by Crippen LogP contribution is 2.36. The zero-order valence-electron chi connectivity index (χ0n) is 16.2. The molecule has 0 bridgehead atoms. The van der Waals surface area contributed by atoms with Crippen molar-refractivity contribution in [2.75, 3.05) is 19.7 Å². The normalized spacial score (nSPS) is 21.1. The van der Waals surface area contributed by atoms with Crippen LogP contribution in [-0.4, -0.2) is 53.4 Å². The predicted octanol–water partition coefficient (Wildman–Crippen LogP) is 1.91. The van der Waals surface area contributed by atoms with Crippen LogP contribution in [0.2, 0.25) is 0 Å². The number of benzene rings is 1. The molecule has 7 nitrogen and oxygen atoms in total.